The predicted octanol–water partition coefficient (Wildman–Crippen LogP) is 1.15. The van der Waals surface area contributed by atoms with Crippen LogP contribution in [0.4, 0.5) is 13.2 Å². The first kappa shape index (κ1) is 30.1. The summed E-state index contributed by atoms with van der Waals surface area (Å²) in [6.07, 6.45) is -4.91. The van der Waals surface area contributed by atoms with E-state index >= 15 is 0 Å². The fourth-order valence-corrected chi connectivity index (χ4v) is 0.180. The molecular weight excluding hydrogens is 337 g/mol. The summed E-state index contributed by atoms with van der Waals surface area (Å²) >= 11 is 0. The van der Waals surface area contributed by atoms with Crippen molar-refractivity contribution in [2.45, 2.75) is 6.18 Å². The van der Waals surface area contributed by atoms with Crippen LogP contribution in [-0.4, -0.2) is 12.5 Å². The quantitative estimate of drug-likeness (QED) is 0.397. The van der Waals surface area contributed by atoms with Crippen LogP contribution in [-0.2, 0) is 39.8 Å². The molecule has 0 amide bonds. The first-order valence-electron chi connectivity index (χ1n) is 2.96. The van der Waals surface area contributed by atoms with Crippen molar-refractivity contribution in [1.82, 2.24) is 0 Å². The van der Waals surface area contributed by atoms with Crippen molar-refractivity contribution in [3.63, 3.8) is 0 Å². The molecule has 98 valence electrons. The molecule has 0 aliphatic rings. The summed E-state index contributed by atoms with van der Waals surface area (Å²) in [5.41, 5.74) is 0. The fourth-order valence-electron chi connectivity index (χ4n) is 0.180. The van der Waals surface area contributed by atoms with E-state index in [0.29, 0.717) is 0 Å². The van der Waals surface area contributed by atoms with E-state index in [4.69, 9.17) is 18.8 Å². The molecule has 0 aliphatic heterocycles. The van der Waals surface area contributed by atoms with Crippen molar-refractivity contribution < 1.29 is 53.0 Å². The third-order valence-corrected chi connectivity index (χ3v) is 0.467. The molecule has 0 N–H and O–H groups in total. The van der Waals surface area contributed by atoms with E-state index in [1.807, 2.05) is 0 Å². The van der Waals surface area contributed by atoms with Gasteiger partial charge in [0.15, 0.2) is 0 Å². The summed E-state index contributed by atoms with van der Waals surface area (Å²) in [5.74, 6) is 0. The van der Waals surface area contributed by atoms with Crippen LogP contribution >= 0.6 is 0 Å². The van der Waals surface area contributed by atoms with Gasteiger partial charge in [0, 0.05) is 21.1 Å². The monoisotopic (exact) mass is 340 g/mol. The molecule has 0 spiro atoms. The molecule has 1 rings (SSSR count). The molecule has 0 heterocycles. The number of rotatable bonds is 0. The van der Waals surface area contributed by atoms with Gasteiger partial charge in [0.25, 0.3) is 6.18 Å². The first-order chi connectivity index (χ1) is 8.06. The van der Waals surface area contributed by atoms with E-state index in [0.717, 1.165) is 0 Å². The average molecular weight is 338 g/mol. The maximum absolute atomic E-state index is 10.4. The van der Waals surface area contributed by atoms with Gasteiger partial charge in [-0.05, 0) is 0 Å². The zero-order valence-electron chi connectivity index (χ0n) is 8.25. The summed E-state index contributed by atoms with van der Waals surface area (Å²) in [6.45, 7) is 13.5. The van der Waals surface area contributed by atoms with Gasteiger partial charge in [-0.2, -0.15) is 6.29 Å². The summed E-state index contributed by atoms with van der Waals surface area (Å²) in [5, 5.41) is 0. The maximum Gasteiger partial charge on any atom is 0 e. The van der Waals surface area contributed by atoms with Gasteiger partial charge < -0.3 is 35.1 Å². The molecule has 1 aromatic carbocycles. The number of halogens is 3. The van der Waals surface area contributed by atoms with E-state index in [9.17, 15) is 13.2 Å². The fraction of sp³-hybridized carbons (Fsp3) is 0.100. The molecule has 4 nitrogen and oxygen atoms in total. The van der Waals surface area contributed by atoms with Crippen LogP contribution in [0.15, 0.2) is 6.07 Å². The zero-order chi connectivity index (χ0) is 14.7. The Morgan fingerprint density at radius 3 is 1.22 bits per heavy atom. The summed E-state index contributed by atoms with van der Waals surface area (Å²) in [4.78, 5) is 8.58. The van der Waals surface area contributed by atoms with Crippen LogP contribution < -0.4 is 0 Å². The largest absolute Gasteiger partial charge is 0.999 e. The Hall–Kier alpha value is -1.28. The van der Waals surface area contributed by atoms with Gasteiger partial charge in [-0.3, -0.25) is 0 Å². The molecule has 0 atom stereocenters. The Morgan fingerprint density at radius 2 is 1.17 bits per heavy atom. The van der Waals surface area contributed by atoms with Gasteiger partial charge in [-0.25, -0.2) is 13.2 Å². The maximum atomic E-state index is 10.4. The normalized spacial score (nSPS) is 6.28. The molecule has 0 aromatic heterocycles. The Bertz CT molecular complexity index is 257. The Morgan fingerprint density at radius 1 is 0.944 bits per heavy atom. The molecule has 8 heteroatoms. The Balaban J connectivity index is -0.0000000428. The molecule has 0 aliphatic carbocycles. The third-order valence-electron chi connectivity index (χ3n) is 0.467. The van der Waals surface area contributed by atoms with E-state index < -0.39 is 6.18 Å². The Kier molecular flexibility index (Phi) is 49.5. The second kappa shape index (κ2) is 29.6. The molecule has 0 unspecified atom stereocenters. The SMILES string of the molecule is O=[C-]C(F)(F)F.[C-]#[O+].[C-]#[O+].[C-]#[O+].[Mo].[c-]1[c-][c-][cH-][c-]1. The molecule has 18 heavy (non-hydrogen) atoms. The van der Waals surface area contributed by atoms with Gasteiger partial charge in [-0.1, -0.05) is 0 Å². The minimum Gasteiger partial charge on any atom is -0.999 e. The smallest absolute Gasteiger partial charge is 0 e. The van der Waals surface area contributed by atoms with Crippen molar-refractivity contribution in [3.8, 4) is 0 Å². The van der Waals surface area contributed by atoms with Crippen LogP contribution in [0.25, 0.3) is 0 Å². The topological polar surface area (TPSA) is 76.8 Å². The van der Waals surface area contributed by atoms with Crippen LogP contribution in [0.5, 0.6) is 0 Å². The standard InChI is InChI=1S/C5H.C2F3O.3CO.Mo/c1-2-4-5-3-1;3-2(4,5)1-6;3*1-2;/h1H;;;;;/q-5;-1;;;;. The number of hydrogen-bond acceptors (Lipinski definition) is 1. The minimum atomic E-state index is -4.76. The zero-order valence-corrected chi connectivity index (χ0v) is 10.3. The van der Waals surface area contributed by atoms with E-state index in [2.05, 4.69) is 44.2 Å². The van der Waals surface area contributed by atoms with Gasteiger partial charge in [-0.15, -0.1) is 0 Å². The number of alkyl halides is 3. The van der Waals surface area contributed by atoms with Crippen LogP contribution in [0.2, 0.25) is 0 Å². The van der Waals surface area contributed by atoms with E-state index in [-0.39, 0.29) is 27.4 Å². The molecule has 0 bridgehead atoms. The molecule has 0 radical (unpaired) electrons. The van der Waals surface area contributed by atoms with Crippen molar-refractivity contribution in [3.05, 3.63) is 50.3 Å². The molecular formula is C10HF3MoO4-6. The molecule has 1 aromatic rings. The minimum absolute atomic E-state index is 0. The van der Waals surface area contributed by atoms with Crippen molar-refractivity contribution >= 4 is 6.29 Å². The van der Waals surface area contributed by atoms with Crippen molar-refractivity contribution in [2.24, 2.45) is 0 Å². The number of carbonyl (C=O) groups excluding carboxylic acids is 1. The van der Waals surface area contributed by atoms with Gasteiger partial charge >= 0.3 is 33.9 Å². The van der Waals surface area contributed by atoms with Crippen LogP contribution in [0.3, 0.4) is 0 Å². The van der Waals surface area contributed by atoms with Crippen LogP contribution in [0, 0.1) is 44.2 Å². The molecule has 0 saturated carbocycles. The van der Waals surface area contributed by atoms with Crippen molar-refractivity contribution in [1.29, 1.82) is 0 Å². The van der Waals surface area contributed by atoms with E-state index in [1.165, 1.54) is 0 Å². The second-order valence-electron chi connectivity index (χ2n) is 1.28. The molecule has 0 fully saturated rings. The Labute approximate surface area is 116 Å². The second-order valence-corrected chi connectivity index (χ2v) is 1.28. The van der Waals surface area contributed by atoms with Gasteiger partial charge in [0.2, 0.25) is 0 Å². The van der Waals surface area contributed by atoms with Gasteiger partial charge in [0.1, 0.15) is 0 Å². The average Bonchev–Trinajstić information content (AvgIpc) is 2.95. The first-order valence-corrected chi connectivity index (χ1v) is 2.96. The van der Waals surface area contributed by atoms with Crippen molar-refractivity contribution in [2.75, 3.05) is 0 Å². The van der Waals surface area contributed by atoms with Crippen LogP contribution in [0.1, 0.15) is 0 Å². The van der Waals surface area contributed by atoms with Gasteiger partial charge in [0.05, 0.1) is 0 Å². The summed E-state index contributed by atoms with van der Waals surface area (Å²) in [6, 6.07) is 12.0. The third kappa shape index (κ3) is 61.4. The summed E-state index contributed by atoms with van der Waals surface area (Å²) in [7, 11) is 0. The molecule has 0 saturated heterocycles. The number of hydrogen-bond donors (Lipinski definition) is 0. The predicted molar refractivity (Wildman–Crippen MR) is 40.9 cm³/mol. The summed E-state index contributed by atoms with van der Waals surface area (Å²) < 4.78 is 53.6. The van der Waals surface area contributed by atoms with E-state index in [1.54, 1.807) is 6.07 Å².